The van der Waals surface area contributed by atoms with Gasteiger partial charge in [-0.05, 0) is 12.1 Å². The molecule has 0 unspecified atom stereocenters. The number of rotatable bonds is 4. The van der Waals surface area contributed by atoms with E-state index in [1.54, 1.807) is 6.07 Å². The van der Waals surface area contributed by atoms with E-state index in [0.717, 1.165) is 0 Å². The maximum absolute atomic E-state index is 13.8. The molecule has 0 bridgehead atoms. The van der Waals surface area contributed by atoms with E-state index in [0.29, 0.717) is 0 Å². The Balaban J connectivity index is 1.74. The molecule has 1 aliphatic heterocycles. The summed E-state index contributed by atoms with van der Waals surface area (Å²) < 4.78 is 19.3. The van der Waals surface area contributed by atoms with Crippen LogP contribution in [-0.4, -0.2) is 50.5 Å². The molecule has 1 aromatic carbocycles. The first-order valence-electron chi connectivity index (χ1n) is 7.74. The van der Waals surface area contributed by atoms with E-state index < -0.39 is 17.4 Å². The van der Waals surface area contributed by atoms with Gasteiger partial charge in [0.15, 0.2) is 11.6 Å². The van der Waals surface area contributed by atoms with Crippen LogP contribution in [-0.2, 0) is 4.79 Å². The first kappa shape index (κ1) is 16.8. The van der Waals surface area contributed by atoms with Gasteiger partial charge in [0.1, 0.15) is 5.69 Å². The van der Waals surface area contributed by atoms with Crippen LogP contribution in [0.1, 0.15) is 23.3 Å². The van der Waals surface area contributed by atoms with Gasteiger partial charge in [0, 0.05) is 38.3 Å². The maximum Gasteiger partial charge on any atom is 0.348 e. The smallest absolute Gasteiger partial charge is 0.348 e. The lowest BCUT2D eigenvalue weighted by Crippen LogP contribution is -2.54. The van der Waals surface area contributed by atoms with Crippen LogP contribution in [0.15, 0.2) is 42.9 Å². The summed E-state index contributed by atoms with van der Waals surface area (Å²) in [6.07, 6.45) is 4.33. The minimum absolute atomic E-state index is 0.0443. The van der Waals surface area contributed by atoms with E-state index in [-0.39, 0.29) is 43.3 Å². The fraction of sp³-hybridized carbons (Fsp3) is 0.294. The summed E-state index contributed by atoms with van der Waals surface area (Å²) in [5.41, 5.74) is -1.37. The molecule has 1 aromatic heterocycles. The molecule has 8 heteroatoms. The van der Waals surface area contributed by atoms with Crippen molar-refractivity contribution in [1.29, 1.82) is 0 Å². The van der Waals surface area contributed by atoms with Gasteiger partial charge >= 0.3 is 5.97 Å². The predicted molar refractivity (Wildman–Crippen MR) is 84.6 cm³/mol. The van der Waals surface area contributed by atoms with Gasteiger partial charge in [-0.25, -0.2) is 14.2 Å². The number of para-hydroxylation sites is 1. The number of carboxylic acid groups (broad SMARTS) is 1. The average molecular weight is 345 g/mol. The number of carbonyl (C=O) groups excluding carboxylic acids is 1. The van der Waals surface area contributed by atoms with Crippen molar-refractivity contribution in [1.82, 2.24) is 14.9 Å². The largest absolute Gasteiger partial charge is 0.478 e. The molecule has 1 fully saturated rings. The van der Waals surface area contributed by atoms with Gasteiger partial charge in [0.2, 0.25) is 5.60 Å². The van der Waals surface area contributed by atoms with E-state index in [2.05, 4.69) is 9.97 Å². The summed E-state index contributed by atoms with van der Waals surface area (Å²) in [5.74, 6) is -2.24. The van der Waals surface area contributed by atoms with Crippen LogP contribution < -0.4 is 4.74 Å². The third-order valence-electron chi connectivity index (χ3n) is 4.17. The Morgan fingerprint density at radius 3 is 2.52 bits per heavy atom. The Hall–Kier alpha value is -3.03. The molecule has 3 rings (SSSR count). The number of hydrogen-bond acceptors (Lipinski definition) is 5. The van der Waals surface area contributed by atoms with Crippen molar-refractivity contribution < 1.29 is 23.8 Å². The number of likely N-dealkylation sites (tertiary alicyclic amines) is 1. The number of benzene rings is 1. The van der Waals surface area contributed by atoms with Crippen molar-refractivity contribution in [3.8, 4) is 5.75 Å². The fourth-order valence-corrected chi connectivity index (χ4v) is 2.74. The Morgan fingerprint density at radius 2 is 1.92 bits per heavy atom. The van der Waals surface area contributed by atoms with E-state index in [1.807, 2.05) is 0 Å². The van der Waals surface area contributed by atoms with Crippen molar-refractivity contribution >= 4 is 11.9 Å². The molecule has 130 valence electrons. The monoisotopic (exact) mass is 345 g/mol. The number of piperidine rings is 1. The molecule has 1 saturated heterocycles. The molecule has 2 heterocycles. The number of ether oxygens (including phenoxy) is 1. The van der Waals surface area contributed by atoms with E-state index in [9.17, 15) is 19.1 Å². The van der Waals surface area contributed by atoms with Crippen LogP contribution in [0.3, 0.4) is 0 Å². The number of amides is 1. The number of carboxylic acids is 1. The zero-order valence-corrected chi connectivity index (χ0v) is 13.3. The van der Waals surface area contributed by atoms with E-state index in [4.69, 9.17) is 4.74 Å². The van der Waals surface area contributed by atoms with Gasteiger partial charge in [-0.3, -0.25) is 9.78 Å². The normalized spacial score (nSPS) is 16.3. The van der Waals surface area contributed by atoms with Crippen molar-refractivity contribution in [3.05, 3.63) is 54.4 Å². The van der Waals surface area contributed by atoms with Crippen molar-refractivity contribution in [2.45, 2.75) is 18.4 Å². The second kappa shape index (κ2) is 6.84. The molecule has 2 aromatic rings. The number of aromatic nitrogens is 2. The summed E-state index contributed by atoms with van der Waals surface area (Å²) in [6.45, 7) is 0.326. The standard InChI is InChI=1S/C17H16FN3O4/c18-12-3-1-2-4-14(12)25-17(16(23)24)5-9-21(10-6-17)15(22)13-11-19-7-8-20-13/h1-4,7-8,11H,5-6,9-10H2,(H,23,24). The second-order valence-electron chi connectivity index (χ2n) is 5.71. The summed E-state index contributed by atoms with van der Waals surface area (Å²) in [6, 6.07) is 5.66. The molecule has 0 spiro atoms. The minimum Gasteiger partial charge on any atom is -0.478 e. The van der Waals surface area contributed by atoms with Crippen molar-refractivity contribution in [2.24, 2.45) is 0 Å². The maximum atomic E-state index is 13.8. The number of carbonyl (C=O) groups is 2. The summed E-state index contributed by atoms with van der Waals surface area (Å²) in [7, 11) is 0. The van der Waals surface area contributed by atoms with Gasteiger partial charge < -0.3 is 14.7 Å². The molecule has 25 heavy (non-hydrogen) atoms. The molecule has 1 N–H and O–H groups in total. The average Bonchev–Trinajstić information content (AvgIpc) is 2.64. The number of aliphatic carboxylic acids is 1. The Morgan fingerprint density at radius 1 is 1.20 bits per heavy atom. The molecular weight excluding hydrogens is 329 g/mol. The zero-order chi connectivity index (χ0) is 17.9. The van der Waals surface area contributed by atoms with Crippen LogP contribution >= 0.6 is 0 Å². The number of nitrogens with zero attached hydrogens (tertiary/aromatic N) is 3. The Kier molecular flexibility index (Phi) is 4.60. The molecular formula is C17H16FN3O4. The van der Waals surface area contributed by atoms with Gasteiger partial charge in [-0.1, -0.05) is 12.1 Å². The van der Waals surface area contributed by atoms with Crippen LogP contribution in [0, 0.1) is 5.82 Å². The van der Waals surface area contributed by atoms with Gasteiger partial charge in [-0.15, -0.1) is 0 Å². The van der Waals surface area contributed by atoms with Crippen LogP contribution in [0.5, 0.6) is 5.75 Å². The molecule has 1 amide bonds. The predicted octanol–water partition coefficient (Wildman–Crippen LogP) is 1.75. The molecule has 7 nitrogen and oxygen atoms in total. The Bertz CT molecular complexity index is 776. The second-order valence-corrected chi connectivity index (χ2v) is 5.71. The van der Waals surface area contributed by atoms with Gasteiger partial charge in [-0.2, -0.15) is 0 Å². The highest BCUT2D eigenvalue weighted by atomic mass is 19.1. The highest BCUT2D eigenvalue weighted by molar-refractivity contribution is 5.92. The highest BCUT2D eigenvalue weighted by Crippen LogP contribution is 2.31. The highest BCUT2D eigenvalue weighted by Gasteiger charge is 2.45. The summed E-state index contributed by atoms with van der Waals surface area (Å²) in [4.78, 5) is 33.4. The SMILES string of the molecule is O=C(c1cnccn1)N1CCC(Oc2ccccc2F)(C(=O)O)CC1. The molecule has 0 radical (unpaired) electrons. The number of hydrogen-bond donors (Lipinski definition) is 1. The first-order chi connectivity index (χ1) is 12.0. The summed E-state index contributed by atoms with van der Waals surface area (Å²) >= 11 is 0. The minimum atomic E-state index is -1.57. The number of halogens is 1. The first-order valence-corrected chi connectivity index (χ1v) is 7.74. The lowest BCUT2D eigenvalue weighted by Gasteiger charge is -2.38. The van der Waals surface area contributed by atoms with Crippen molar-refractivity contribution in [3.63, 3.8) is 0 Å². The van der Waals surface area contributed by atoms with Crippen molar-refractivity contribution in [2.75, 3.05) is 13.1 Å². The fourth-order valence-electron chi connectivity index (χ4n) is 2.74. The molecule has 0 saturated carbocycles. The lowest BCUT2D eigenvalue weighted by molar-refractivity contribution is -0.159. The lowest BCUT2D eigenvalue weighted by atomic mass is 9.91. The Labute approximate surface area is 143 Å². The quantitative estimate of drug-likeness (QED) is 0.908. The van der Waals surface area contributed by atoms with Crippen LogP contribution in [0.2, 0.25) is 0 Å². The van der Waals surface area contributed by atoms with Gasteiger partial charge in [0.05, 0.1) is 6.20 Å². The third-order valence-corrected chi connectivity index (χ3v) is 4.17. The van der Waals surface area contributed by atoms with Crippen LogP contribution in [0.4, 0.5) is 4.39 Å². The van der Waals surface area contributed by atoms with Gasteiger partial charge in [0.25, 0.3) is 5.91 Å². The van der Waals surface area contributed by atoms with E-state index >= 15 is 0 Å². The topological polar surface area (TPSA) is 92.6 Å². The molecule has 0 atom stereocenters. The zero-order valence-electron chi connectivity index (χ0n) is 13.3. The molecule has 0 aliphatic carbocycles. The molecule has 1 aliphatic rings. The summed E-state index contributed by atoms with van der Waals surface area (Å²) in [5, 5.41) is 9.61. The van der Waals surface area contributed by atoms with Crippen LogP contribution in [0.25, 0.3) is 0 Å². The van der Waals surface area contributed by atoms with E-state index in [1.165, 1.54) is 41.7 Å². The third kappa shape index (κ3) is 3.42.